The van der Waals surface area contributed by atoms with Gasteiger partial charge in [-0.05, 0) is 20.8 Å². The first-order valence-electron chi connectivity index (χ1n) is 5.72. The molecule has 0 saturated heterocycles. The van der Waals surface area contributed by atoms with E-state index in [4.69, 9.17) is 23.2 Å². The smallest absolute Gasteiger partial charge is 0.0866 e. The summed E-state index contributed by atoms with van der Waals surface area (Å²) in [6.07, 6.45) is 0. The molecule has 0 aliphatic carbocycles. The standard InChI is InChI=1S/C12H16Cl2N4/c1-7-10(5-13)9(3)18(16-7)6-11-12(14)8(2)15-17(11)4/h5-6H2,1-4H3. The molecule has 0 saturated carbocycles. The third-order valence-corrected chi connectivity index (χ3v) is 3.99. The number of rotatable bonds is 3. The highest BCUT2D eigenvalue weighted by molar-refractivity contribution is 6.31. The van der Waals surface area contributed by atoms with E-state index in [1.807, 2.05) is 32.5 Å². The van der Waals surface area contributed by atoms with Crippen LogP contribution in [0.5, 0.6) is 0 Å². The van der Waals surface area contributed by atoms with Gasteiger partial charge >= 0.3 is 0 Å². The molecule has 98 valence electrons. The maximum atomic E-state index is 6.25. The van der Waals surface area contributed by atoms with Gasteiger partial charge in [0.1, 0.15) is 0 Å². The van der Waals surface area contributed by atoms with Gasteiger partial charge in [0.25, 0.3) is 0 Å². The molecule has 2 heterocycles. The Morgan fingerprint density at radius 1 is 1.11 bits per heavy atom. The van der Waals surface area contributed by atoms with Crippen LogP contribution >= 0.6 is 23.2 Å². The molecule has 0 N–H and O–H groups in total. The molecular formula is C12H16Cl2N4. The molecule has 0 atom stereocenters. The zero-order chi connectivity index (χ0) is 13.4. The number of aryl methyl sites for hydroxylation is 3. The lowest BCUT2D eigenvalue weighted by molar-refractivity contribution is 0.603. The van der Waals surface area contributed by atoms with Gasteiger partial charge in [-0.3, -0.25) is 9.36 Å². The molecule has 0 radical (unpaired) electrons. The van der Waals surface area contributed by atoms with Crippen LogP contribution in [0, 0.1) is 20.8 Å². The second kappa shape index (κ2) is 4.94. The summed E-state index contributed by atoms with van der Waals surface area (Å²) in [5, 5.41) is 9.51. The van der Waals surface area contributed by atoms with Crippen molar-refractivity contribution in [1.82, 2.24) is 19.6 Å². The Balaban J connectivity index is 2.40. The average molecular weight is 287 g/mol. The lowest BCUT2D eigenvalue weighted by Gasteiger charge is -2.06. The van der Waals surface area contributed by atoms with Gasteiger partial charge in [-0.1, -0.05) is 11.6 Å². The van der Waals surface area contributed by atoms with Crippen molar-refractivity contribution in [2.75, 3.05) is 0 Å². The monoisotopic (exact) mass is 286 g/mol. The van der Waals surface area contributed by atoms with Gasteiger partial charge in [-0.2, -0.15) is 10.2 Å². The highest BCUT2D eigenvalue weighted by Gasteiger charge is 2.15. The van der Waals surface area contributed by atoms with E-state index in [0.717, 1.165) is 28.3 Å². The summed E-state index contributed by atoms with van der Waals surface area (Å²) in [4.78, 5) is 0. The Hall–Kier alpha value is -1.000. The van der Waals surface area contributed by atoms with Gasteiger partial charge in [0.15, 0.2) is 0 Å². The fourth-order valence-electron chi connectivity index (χ4n) is 2.08. The summed E-state index contributed by atoms with van der Waals surface area (Å²) < 4.78 is 3.73. The first-order valence-corrected chi connectivity index (χ1v) is 6.63. The van der Waals surface area contributed by atoms with Crippen molar-refractivity contribution in [2.45, 2.75) is 33.2 Å². The number of nitrogens with zero attached hydrogens (tertiary/aromatic N) is 4. The molecule has 0 unspecified atom stereocenters. The van der Waals surface area contributed by atoms with Crippen LogP contribution in [0.15, 0.2) is 0 Å². The molecule has 0 aromatic carbocycles. The zero-order valence-electron chi connectivity index (χ0n) is 11.0. The summed E-state index contributed by atoms with van der Waals surface area (Å²) in [5.41, 5.74) is 4.94. The van der Waals surface area contributed by atoms with E-state index in [9.17, 15) is 0 Å². The van der Waals surface area contributed by atoms with Crippen LogP contribution in [-0.2, 0) is 19.5 Å². The lowest BCUT2D eigenvalue weighted by Crippen LogP contribution is -2.09. The van der Waals surface area contributed by atoms with Crippen molar-refractivity contribution in [3.63, 3.8) is 0 Å². The Morgan fingerprint density at radius 2 is 1.78 bits per heavy atom. The summed E-state index contributed by atoms with van der Waals surface area (Å²) >= 11 is 12.2. The normalized spacial score (nSPS) is 11.2. The second-order valence-corrected chi connectivity index (χ2v) is 5.06. The van der Waals surface area contributed by atoms with E-state index in [-0.39, 0.29) is 0 Å². The molecule has 0 bridgehead atoms. The molecular weight excluding hydrogens is 271 g/mol. The van der Waals surface area contributed by atoms with Crippen molar-refractivity contribution < 1.29 is 0 Å². The largest absolute Gasteiger partial charge is 0.269 e. The maximum absolute atomic E-state index is 6.25. The molecule has 2 aromatic heterocycles. The van der Waals surface area contributed by atoms with Gasteiger partial charge in [0.2, 0.25) is 0 Å². The number of halogens is 2. The average Bonchev–Trinajstić information content (AvgIpc) is 2.71. The van der Waals surface area contributed by atoms with Crippen molar-refractivity contribution in [3.8, 4) is 0 Å². The van der Waals surface area contributed by atoms with Gasteiger partial charge in [-0.25, -0.2) is 0 Å². The number of aromatic nitrogens is 4. The van der Waals surface area contributed by atoms with E-state index < -0.39 is 0 Å². The number of alkyl halides is 1. The van der Waals surface area contributed by atoms with E-state index in [1.54, 1.807) is 4.68 Å². The minimum absolute atomic E-state index is 0.482. The summed E-state index contributed by atoms with van der Waals surface area (Å²) in [5.74, 6) is 0.482. The SMILES string of the molecule is Cc1nn(C)c(Cn2nc(C)c(CCl)c2C)c1Cl. The molecule has 0 fully saturated rings. The molecule has 2 rings (SSSR count). The van der Waals surface area contributed by atoms with Crippen LogP contribution < -0.4 is 0 Å². The first kappa shape index (κ1) is 13.4. The van der Waals surface area contributed by atoms with Crippen molar-refractivity contribution in [1.29, 1.82) is 0 Å². The zero-order valence-corrected chi connectivity index (χ0v) is 12.5. The molecule has 0 aliphatic heterocycles. The van der Waals surface area contributed by atoms with Crippen LogP contribution in [0.4, 0.5) is 0 Å². The first-order chi connectivity index (χ1) is 8.45. The fourth-order valence-corrected chi connectivity index (χ4v) is 2.68. The van der Waals surface area contributed by atoms with Gasteiger partial charge < -0.3 is 0 Å². The molecule has 4 nitrogen and oxygen atoms in total. The van der Waals surface area contributed by atoms with Crippen molar-refractivity contribution >= 4 is 23.2 Å². The summed E-state index contributed by atoms with van der Waals surface area (Å²) in [7, 11) is 1.89. The summed E-state index contributed by atoms with van der Waals surface area (Å²) in [6, 6.07) is 0. The predicted octanol–water partition coefficient (Wildman–Crippen LogP) is 2.98. The van der Waals surface area contributed by atoms with E-state index in [1.165, 1.54) is 0 Å². The Kier molecular flexibility index (Phi) is 3.69. The predicted molar refractivity (Wildman–Crippen MR) is 73.3 cm³/mol. The quantitative estimate of drug-likeness (QED) is 0.814. The molecule has 6 heteroatoms. The summed E-state index contributed by atoms with van der Waals surface area (Å²) in [6.45, 7) is 6.50. The molecule has 0 amide bonds. The second-order valence-electron chi connectivity index (χ2n) is 4.41. The molecule has 18 heavy (non-hydrogen) atoms. The van der Waals surface area contributed by atoms with Gasteiger partial charge in [-0.15, -0.1) is 11.6 Å². The van der Waals surface area contributed by atoms with E-state index >= 15 is 0 Å². The Bertz CT molecular complexity index is 583. The van der Waals surface area contributed by atoms with E-state index in [0.29, 0.717) is 17.4 Å². The molecule has 0 aliphatic rings. The van der Waals surface area contributed by atoms with Crippen LogP contribution in [0.3, 0.4) is 0 Å². The minimum atomic E-state index is 0.482. The van der Waals surface area contributed by atoms with Crippen LogP contribution in [0.2, 0.25) is 5.02 Å². The highest BCUT2D eigenvalue weighted by atomic mass is 35.5. The van der Waals surface area contributed by atoms with Gasteiger partial charge in [0.05, 0.1) is 34.5 Å². The molecule has 2 aromatic rings. The van der Waals surface area contributed by atoms with Crippen LogP contribution in [-0.4, -0.2) is 19.6 Å². The Labute approximate surface area is 116 Å². The fraction of sp³-hybridized carbons (Fsp3) is 0.500. The number of hydrogen-bond donors (Lipinski definition) is 0. The minimum Gasteiger partial charge on any atom is -0.269 e. The number of hydrogen-bond acceptors (Lipinski definition) is 2. The Morgan fingerprint density at radius 3 is 2.22 bits per heavy atom. The van der Waals surface area contributed by atoms with Crippen molar-refractivity contribution in [3.05, 3.63) is 33.4 Å². The third-order valence-electron chi connectivity index (χ3n) is 3.23. The topological polar surface area (TPSA) is 35.6 Å². The van der Waals surface area contributed by atoms with Crippen LogP contribution in [0.25, 0.3) is 0 Å². The lowest BCUT2D eigenvalue weighted by atomic mass is 10.2. The highest BCUT2D eigenvalue weighted by Crippen LogP contribution is 2.22. The third kappa shape index (κ3) is 2.15. The maximum Gasteiger partial charge on any atom is 0.0866 e. The molecule has 0 spiro atoms. The van der Waals surface area contributed by atoms with Crippen LogP contribution in [0.1, 0.15) is 28.3 Å². The van der Waals surface area contributed by atoms with Crippen molar-refractivity contribution in [2.24, 2.45) is 7.05 Å². The van der Waals surface area contributed by atoms with Gasteiger partial charge in [0, 0.05) is 18.3 Å². The van der Waals surface area contributed by atoms with E-state index in [2.05, 4.69) is 10.2 Å².